The summed E-state index contributed by atoms with van der Waals surface area (Å²) in [5.41, 5.74) is 2.94. The summed E-state index contributed by atoms with van der Waals surface area (Å²) >= 11 is 0. The lowest BCUT2D eigenvalue weighted by molar-refractivity contribution is 0.0945. The van der Waals surface area contributed by atoms with Crippen LogP contribution in [0.15, 0.2) is 60.9 Å². The number of aryl methyl sites for hydroxylation is 1. The van der Waals surface area contributed by atoms with Crippen LogP contribution in [0.5, 0.6) is 0 Å². The van der Waals surface area contributed by atoms with Crippen molar-refractivity contribution in [3.05, 3.63) is 89.1 Å². The van der Waals surface area contributed by atoms with Crippen molar-refractivity contribution in [2.75, 3.05) is 5.32 Å². The van der Waals surface area contributed by atoms with Gasteiger partial charge in [0.05, 0.1) is 12.4 Å². The molecule has 0 aliphatic rings. The third kappa shape index (κ3) is 4.42. The maximum atomic E-state index is 13.6. The van der Waals surface area contributed by atoms with E-state index in [1.54, 1.807) is 18.2 Å². The molecule has 6 heteroatoms. The molecule has 1 aromatic heterocycles. The molecular formula is C20H19FN4O. The minimum Gasteiger partial charge on any atom is -0.365 e. The molecule has 0 radical (unpaired) electrons. The van der Waals surface area contributed by atoms with Gasteiger partial charge in [0.1, 0.15) is 17.3 Å². The molecule has 2 N–H and O–H groups in total. The number of halogens is 1. The van der Waals surface area contributed by atoms with Crippen LogP contribution >= 0.6 is 0 Å². The molecule has 5 nitrogen and oxygen atoms in total. The van der Waals surface area contributed by atoms with Crippen LogP contribution in [0.2, 0.25) is 0 Å². The third-order valence-corrected chi connectivity index (χ3v) is 4.00. The number of rotatable bonds is 6. The predicted molar refractivity (Wildman–Crippen MR) is 98.1 cm³/mol. The van der Waals surface area contributed by atoms with Gasteiger partial charge in [0.2, 0.25) is 0 Å². The Morgan fingerprint density at radius 1 is 0.962 bits per heavy atom. The third-order valence-electron chi connectivity index (χ3n) is 4.00. The Kier molecular flexibility index (Phi) is 5.53. The first kappa shape index (κ1) is 17.5. The van der Waals surface area contributed by atoms with E-state index in [9.17, 15) is 9.18 Å². The predicted octanol–water partition coefficient (Wildman–Crippen LogP) is 3.47. The molecule has 3 aromatic rings. The van der Waals surface area contributed by atoms with Crippen LogP contribution < -0.4 is 10.6 Å². The Bertz CT molecular complexity index is 896. The minimum absolute atomic E-state index is 0.232. The zero-order chi connectivity index (χ0) is 18.4. The van der Waals surface area contributed by atoms with Gasteiger partial charge in [0.15, 0.2) is 0 Å². The second-order valence-corrected chi connectivity index (χ2v) is 5.84. The number of nitrogens with zero attached hydrogens (tertiary/aromatic N) is 2. The number of anilines is 1. The van der Waals surface area contributed by atoms with Gasteiger partial charge in [-0.1, -0.05) is 42.5 Å². The van der Waals surface area contributed by atoms with Crippen molar-refractivity contribution in [3.8, 4) is 0 Å². The van der Waals surface area contributed by atoms with Crippen molar-refractivity contribution >= 4 is 11.7 Å². The fourth-order valence-electron chi connectivity index (χ4n) is 2.44. The molecule has 3 rings (SSSR count). The Labute approximate surface area is 151 Å². The van der Waals surface area contributed by atoms with Crippen LogP contribution in [-0.4, -0.2) is 15.9 Å². The molecular weight excluding hydrogens is 331 g/mol. The zero-order valence-corrected chi connectivity index (χ0v) is 14.4. The van der Waals surface area contributed by atoms with Crippen LogP contribution in [0.1, 0.15) is 27.2 Å². The van der Waals surface area contributed by atoms with Gasteiger partial charge >= 0.3 is 0 Å². The number of hydrogen-bond donors (Lipinski definition) is 2. The lowest BCUT2D eigenvalue weighted by Crippen LogP contribution is -2.24. The number of hydrogen-bond acceptors (Lipinski definition) is 4. The number of aromatic nitrogens is 2. The summed E-state index contributed by atoms with van der Waals surface area (Å²) in [5, 5.41) is 5.82. The number of carbonyl (C=O) groups excluding carboxylic acids is 1. The molecule has 1 amide bonds. The molecule has 1 heterocycles. The first-order valence-electron chi connectivity index (χ1n) is 8.25. The highest BCUT2D eigenvalue weighted by Crippen LogP contribution is 2.10. The SMILES string of the molecule is Cc1ccccc1CNC(=O)c1cnc(NCc2ccccc2F)cn1. The molecule has 2 aromatic carbocycles. The summed E-state index contributed by atoms with van der Waals surface area (Å²) in [6, 6.07) is 14.4. The highest BCUT2D eigenvalue weighted by atomic mass is 19.1. The number of benzene rings is 2. The molecule has 0 atom stereocenters. The van der Waals surface area contributed by atoms with Crippen LogP contribution in [0.3, 0.4) is 0 Å². The van der Waals surface area contributed by atoms with Crippen molar-refractivity contribution in [3.63, 3.8) is 0 Å². The van der Waals surface area contributed by atoms with E-state index in [4.69, 9.17) is 0 Å². The Balaban J connectivity index is 1.56. The van der Waals surface area contributed by atoms with Crippen molar-refractivity contribution in [2.45, 2.75) is 20.0 Å². The van der Waals surface area contributed by atoms with E-state index in [1.807, 2.05) is 31.2 Å². The minimum atomic E-state index is -0.290. The lowest BCUT2D eigenvalue weighted by Gasteiger charge is -2.08. The van der Waals surface area contributed by atoms with Gasteiger partial charge in [-0.2, -0.15) is 0 Å². The monoisotopic (exact) mass is 350 g/mol. The second kappa shape index (κ2) is 8.20. The summed E-state index contributed by atoms with van der Waals surface area (Å²) < 4.78 is 13.6. The van der Waals surface area contributed by atoms with E-state index in [0.29, 0.717) is 24.5 Å². The summed E-state index contributed by atoms with van der Waals surface area (Å²) in [4.78, 5) is 20.5. The van der Waals surface area contributed by atoms with Gasteiger partial charge in [-0.15, -0.1) is 0 Å². The van der Waals surface area contributed by atoms with Crippen LogP contribution in [0.25, 0.3) is 0 Å². The van der Waals surface area contributed by atoms with Crippen molar-refractivity contribution in [2.24, 2.45) is 0 Å². The molecule has 0 saturated heterocycles. The van der Waals surface area contributed by atoms with Crippen molar-refractivity contribution in [1.82, 2.24) is 15.3 Å². The maximum absolute atomic E-state index is 13.6. The van der Waals surface area contributed by atoms with Crippen LogP contribution in [-0.2, 0) is 13.1 Å². The first-order chi connectivity index (χ1) is 12.6. The molecule has 0 spiro atoms. The number of carbonyl (C=O) groups is 1. The molecule has 0 bridgehead atoms. The maximum Gasteiger partial charge on any atom is 0.271 e. The number of nitrogens with one attached hydrogen (secondary N) is 2. The number of amides is 1. The van der Waals surface area contributed by atoms with E-state index in [-0.39, 0.29) is 17.4 Å². The zero-order valence-electron chi connectivity index (χ0n) is 14.4. The van der Waals surface area contributed by atoms with Gasteiger partial charge in [0.25, 0.3) is 5.91 Å². The molecule has 26 heavy (non-hydrogen) atoms. The van der Waals surface area contributed by atoms with Crippen molar-refractivity contribution < 1.29 is 9.18 Å². The Morgan fingerprint density at radius 2 is 1.69 bits per heavy atom. The molecule has 132 valence electrons. The van der Waals surface area contributed by atoms with E-state index in [1.165, 1.54) is 18.5 Å². The summed E-state index contributed by atoms with van der Waals surface area (Å²) in [7, 11) is 0. The molecule has 0 fully saturated rings. The average Bonchev–Trinajstić information content (AvgIpc) is 2.67. The van der Waals surface area contributed by atoms with Gasteiger partial charge in [0, 0.05) is 18.7 Å². The smallest absolute Gasteiger partial charge is 0.271 e. The van der Waals surface area contributed by atoms with Gasteiger partial charge in [-0.05, 0) is 24.1 Å². The topological polar surface area (TPSA) is 66.9 Å². The van der Waals surface area contributed by atoms with Crippen molar-refractivity contribution in [1.29, 1.82) is 0 Å². The fraction of sp³-hybridized carbons (Fsp3) is 0.150. The van der Waals surface area contributed by atoms with Gasteiger partial charge < -0.3 is 10.6 Å². The second-order valence-electron chi connectivity index (χ2n) is 5.84. The van der Waals surface area contributed by atoms with Crippen LogP contribution in [0, 0.1) is 12.7 Å². The summed E-state index contributed by atoms with van der Waals surface area (Å²) in [6.45, 7) is 2.72. The summed E-state index contributed by atoms with van der Waals surface area (Å²) in [5.74, 6) is -0.0923. The highest BCUT2D eigenvalue weighted by Gasteiger charge is 2.09. The molecule has 0 aliphatic carbocycles. The van der Waals surface area contributed by atoms with E-state index in [0.717, 1.165) is 11.1 Å². The van der Waals surface area contributed by atoms with Gasteiger partial charge in [-0.25, -0.2) is 14.4 Å². The molecule has 0 unspecified atom stereocenters. The highest BCUT2D eigenvalue weighted by molar-refractivity contribution is 5.91. The standard InChI is InChI=1S/C20H19FN4O/c1-14-6-2-3-7-15(14)10-25-20(26)18-12-24-19(13-22-18)23-11-16-8-4-5-9-17(16)21/h2-9,12-13H,10-11H2,1H3,(H,23,24)(H,25,26). The molecule has 0 aliphatic heterocycles. The van der Waals surface area contributed by atoms with Crippen LogP contribution in [0.4, 0.5) is 10.2 Å². The van der Waals surface area contributed by atoms with E-state index in [2.05, 4.69) is 20.6 Å². The lowest BCUT2D eigenvalue weighted by atomic mass is 10.1. The van der Waals surface area contributed by atoms with Gasteiger partial charge in [-0.3, -0.25) is 4.79 Å². The normalized spacial score (nSPS) is 10.4. The van der Waals surface area contributed by atoms with E-state index < -0.39 is 0 Å². The largest absolute Gasteiger partial charge is 0.365 e. The quantitative estimate of drug-likeness (QED) is 0.714. The average molecular weight is 350 g/mol. The fourth-order valence-corrected chi connectivity index (χ4v) is 2.44. The first-order valence-corrected chi connectivity index (χ1v) is 8.25. The molecule has 0 saturated carbocycles. The Hall–Kier alpha value is -3.28. The van der Waals surface area contributed by atoms with E-state index >= 15 is 0 Å². The Morgan fingerprint density at radius 3 is 2.38 bits per heavy atom. The summed E-state index contributed by atoms with van der Waals surface area (Å²) in [6.07, 6.45) is 2.86.